The van der Waals surface area contributed by atoms with Gasteiger partial charge in [0.1, 0.15) is 0 Å². The Morgan fingerprint density at radius 3 is 2.85 bits per heavy atom. The lowest BCUT2D eigenvalue weighted by Gasteiger charge is -1.98. The number of nitrogen functional groups attached to an aromatic ring is 1. The van der Waals surface area contributed by atoms with Gasteiger partial charge in [0.05, 0.1) is 0 Å². The van der Waals surface area contributed by atoms with Crippen LogP contribution in [0.2, 0.25) is 0 Å². The number of rotatable bonds is 0. The molecule has 0 aromatic carbocycles. The van der Waals surface area contributed by atoms with Gasteiger partial charge in [0, 0.05) is 13.2 Å². The minimum Gasteiger partial charge on any atom is -0.338 e. The Kier molecular flexibility index (Phi) is 3.57. The van der Waals surface area contributed by atoms with Crippen molar-refractivity contribution in [1.29, 1.82) is 0 Å². The summed E-state index contributed by atoms with van der Waals surface area (Å²) >= 11 is 1.49. The molecule has 0 bridgehead atoms. The lowest BCUT2D eigenvalue weighted by molar-refractivity contribution is 0.909. The van der Waals surface area contributed by atoms with Gasteiger partial charge < -0.3 is 5.84 Å². The first-order valence-electron chi connectivity index (χ1n) is 3.76. The molecule has 70 valence electrons. The SMILES string of the molecule is CN=C(/N=c1\ccccn1N)SC. The van der Waals surface area contributed by atoms with Crippen LogP contribution in [0.4, 0.5) is 0 Å². The van der Waals surface area contributed by atoms with Crippen molar-refractivity contribution >= 4 is 16.9 Å². The van der Waals surface area contributed by atoms with Crippen LogP contribution in [-0.2, 0) is 0 Å². The van der Waals surface area contributed by atoms with Gasteiger partial charge in [-0.15, -0.1) is 0 Å². The van der Waals surface area contributed by atoms with E-state index in [0.717, 1.165) is 0 Å². The molecule has 0 atom stereocenters. The predicted molar refractivity (Wildman–Crippen MR) is 57.0 cm³/mol. The number of aliphatic imine (C=N–C) groups is 1. The Morgan fingerprint density at radius 2 is 2.31 bits per heavy atom. The first-order chi connectivity index (χ1) is 6.27. The van der Waals surface area contributed by atoms with E-state index in [2.05, 4.69) is 9.98 Å². The second-order valence-electron chi connectivity index (χ2n) is 2.29. The average Bonchev–Trinajstić information content (AvgIpc) is 2.17. The Hall–Kier alpha value is -1.23. The van der Waals surface area contributed by atoms with Crippen LogP contribution < -0.4 is 11.3 Å². The van der Waals surface area contributed by atoms with Crippen LogP contribution in [0, 0.1) is 0 Å². The van der Waals surface area contributed by atoms with Gasteiger partial charge in [-0.25, -0.2) is 4.99 Å². The van der Waals surface area contributed by atoms with Crippen LogP contribution in [0.15, 0.2) is 34.4 Å². The van der Waals surface area contributed by atoms with Gasteiger partial charge in [0.2, 0.25) is 0 Å². The average molecular weight is 196 g/mol. The first kappa shape index (κ1) is 9.85. The summed E-state index contributed by atoms with van der Waals surface area (Å²) in [6, 6.07) is 5.57. The van der Waals surface area contributed by atoms with Crippen LogP contribution in [0.3, 0.4) is 0 Å². The molecular weight excluding hydrogens is 184 g/mol. The third-order valence-electron chi connectivity index (χ3n) is 1.45. The number of aromatic nitrogens is 1. The van der Waals surface area contributed by atoms with Crippen molar-refractivity contribution in [3.05, 3.63) is 29.9 Å². The van der Waals surface area contributed by atoms with E-state index in [1.54, 1.807) is 13.2 Å². The van der Waals surface area contributed by atoms with E-state index in [1.165, 1.54) is 16.4 Å². The maximum absolute atomic E-state index is 5.64. The molecule has 1 aromatic rings. The summed E-state index contributed by atoms with van der Waals surface area (Å²) in [5.74, 6) is 5.64. The Labute approximate surface area is 81.2 Å². The Bertz CT molecular complexity index is 366. The summed E-state index contributed by atoms with van der Waals surface area (Å²) < 4.78 is 1.46. The number of nitrogens with zero attached hydrogens (tertiary/aromatic N) is 3. The van der Waals surface area contributed by atoms with E-state index < -0.39 is 0 Å². The second kappa shape index (κ2) is 4.71. The molecule has 0 spiro atoms. The lowest BCUT2D eigenvalue weighted by atomic mass is 10.5. The van der Waals surface area contributed by atoms with E-state index in [0.29, 0.717) is 10.7 Å². The predicted octanol–water partition coefficient (Wildman–Crippen LogP) is 0.451. The Balaban J connectivity index is 3.14. The molecule has 0 radical (unpaired) electrons. The highest BCUT2D eigenvalue weighted by molar-refractivity contribution is 8.13. The largest absolute Gasteiger partial charge is 0.338 e. The lowest BCUT2D eigenvalue weighted by Crippen LogP contribution is -2.27. The molecule has 0 aliphatic carbocycles. The zero-order valence-corrected chi connectivity index (χ0v) is 8.45. The monoisotopic (exact) mass is 196 g/mol. The standard InChI is InChI=1S/C8H12N4S/c1-10-8(13-2)11-7-5-3-4-6-12(7)9/h3-6H,9H2,1-2H3/b10-8?,11-7+. The summed E-state index contributed by atoms with van der Waals surface area (Å²) in [5, 5.41) is 0.713. The van der Waals surface area contributed by atoms with Crippen molar-refractivity contribution < 1.29 is 0 Å². The molecule has 1 rings (SSSR count). The molecule has 0 amide bonds. The molecule has 0 aliphatic heterocycles. The quantitative estimate of drug-likeness (QED) is 0.372. The number of hydrogen-bond acceptors (Lipinski definition) is 3. The fraction of sp³-hybridized carbons (Fsp3) is 0.250. The topological polar surface area (TPSA) is 55.7 Å². The minimum absolute atomic E-state index is 0.692. The van der Waals surface area contributed by atoms with Gasteiger partial charge in [-0.3, -0.25) is 9.67 Å². The molecule has 0 fully saturated rings. The molecule has 4 nitrogen and oxygen atoms in total. The molecule has 5 heteroatoms. The smallest absolute Gasteiger partial charge is 0.184 e. The number of nitrogens with two attached hydrogens (primary N) is 1. The van der Waals surface area contributed by atoms with Crippen LogP contribution in [0.5, 0.6) is 0 Å². The van der Waals surface area contributed by atoms with E-state index in [-0.39, 0.29) is 0 Å². The van der Waals surface area contributed by atoms with Crippen molar-refractivity contribution in [3.8, 4) is 0 Å². The van der Waals surface area contributed by atoms with Crippen LogP contribution >= 0.6 is 11.8 Å². The van der Waals surface area contributed by atoms with Crippen LogP contribution in [0.25, 0.3) is 0 Å². The number of pyridine rings is 1. The molecule has 0 aliphatic rings. The molecule has 0 unspecified atom stereocenters. The van der Waals surface area contributed by atoms with Gasteiger partial charge in [0.25, 0.3) is 0 Å². The number of amidine groups is 1. The van der Waals surface area contributed by atoms with E-state index in [4.69, 9.17) is 5.84 Å². The fourth-order valence-corrected chi connectivity index (χ4v) is 1.19. The van der Waals surface area contributed by atoms with E-state index in [1.807, 2.05) is 24.5 Å². The third kappa shape index (κ3) is 2.62. The number of thioether (sulfide) groups is 1. The molecule has 1 aromatic heterocycles. The summed E-state index contributed by atoms with van der Waals surface area (Å²) in [4.78, 5) is 8.23. The van der Waals surface area contributed by atoms with Crippen molar-refractivity contribution in [2.24, 2.45) is 9.98 Å². The van der Waals surface area contributed by atoms with Gasteiger partial charge in [0.15, 0.2) is 10.7 Å². The summed E-state index contributed by atoms with van der Waals surface area (Å²) in [6.45, 7) is 0. The zero-order chi connectivity index (χ0) is 9.68. The molecule has 2 N–H and O–H groups in total. The van der Waals surface area contributed by atoms with Crippen molar-refractivity contribution in [3.63, 3.8) is 0 Å². The summed E-state index contributed by atoms with van der Waals surface area (Å²) in [5.41, 5.74) is 0.692. The Morgan fingerprint density at radius 1 is 1.54 bits per heavy atom. The normalized spacial score (nSPS) is 13.4. The third-order valence-corrected chi connectivity index (χ3v) is 2.09. The molecule has 1 heterocycles. The van der Waals surface area contributed by atoms with Crippen molar-refractivity contribution in [1.82, 2.24) is 4.68 Å². The van der Waals surface area contributed by atoms with Crippen LogP contribution in [0.1, 0.15) is 0 Å². The second-order valence-corrected chi connectivity index (χ2v) is 3.06. The maximum atomic E-state index is 5.64. The first-order valence-corrected chi connectivity index (χ1v) is 4.98. The van der Waals surface area contributed by atoms with Crippen molar-refractivity contribution in [2.75, 3.05) is 19.1 Å². The van der Waals surface area contributed by atoms with Crippen LogP contribution in [-0.4, -0.2) is 23.1 Å². The van der Waals surface area contributed by atoms with Gasteiger partial charge >= 0.3 is 0 Å². The minimum atomic E-state index is 0.692. The van der Waals surface area contributed by atoms with Crippen molar-refractivity contribution in [2.45, 2.75) is 0 Å². The fourth-order valence-electron chi connectivity index (χ4n) is 0.826. The highest BCUT2D eigenvalue weighted by Gasteiger charge is 1.91. The summed E-state index contributed by atoms with van der Waals surface area (Å²) in [7, 11) is 1.71. The molecule has 0 saturated heterocycles. The van der Waals surface area contributed by atoms with Gasteiger partial charge in [-0.2, -0.15) is 0 Å². The highest BCUT2D eigenvalue weighted by atomic mass is 32.2. The van der Waals surface area contributed by atoms with Gasteiger partial charge in [-0.05, 0) is 18.4 Å². The number of hydrogen-bond donors (Lipinski definition) is 1. The highest BCUT2D eigenvalue weighted by Crippen LogP contribution is 1.96. The maximum Gasteiger partial charge on any atom is 0.184 e. The molecular formula is C8H12N4S. The molecule has 0 saturated carbocycles. The molecule has 13 heavy (non-hydrogen) atoms. The zero-order valence-electron chi connectivity index (χ0n) is 7.64. The van der Waals surface area contributed by atoms with E-state index >= 15 is 0 Å². The van der Waals surface area contributed by atoms with E-state index in [9.17, 15) is 0 Å². The summed E-state index contributed by atoms with van der Waals surface area (Å²) in [6.07, 6.45) is 3.67. The van der Waals surface area contributed by atoms with Gasteiger partial charge in [-0.1, -0.05) is 17.8 Å².